The third kappa shape index (κ3) is 5.93. The molecule has 2 N–H and O–H groups in total. The number of anilines is 2. The van der Waals surface area contributed by atoms with Crippen molar-refractivity contribution < 1.29 is 26.8 Å². The first kappa shape index (κ1) is 23.9. The van der Waals surface area contributed by atoms with Crippen LogP contribution in [0.2, 0.25) is 0 Å². The molecule has 1 saturated heterocycles. The van der Waals surface area contributed by atoms with Crippen LogP contribution in [-0.2, 0) is 14.8 Å². The van der Waals surface area contributed by atoms with Gasteiger partial charge in [-0.25, -0.2) is 27.2 Å². The van der Waals surface area contributed by atoms with Crippen molar-refractivity contribution >= 4 is 49.3 Å². The molecule has 170 valence electrons. The van der Waals surface area contributed by atoms with Gasteiger partial charge in [0.1, 0.15) is 16.1 Å². The molecule has 3 heterocycles. The highest BCUT2D eigenvalue weighted by atomic mass is 79.9. The van der Waals surface area contributed by atoms with E-state index in [1.54, 1.807) is 12.1 Å². The number of amides is 2. The highest BCUT2D eigenvalue weighted by Crippen LogP contribution is 2.32. The molecule has 0 saturated carbocycles. The van der Waals surface area contributed by atoms with Gasteiger partial charge >= 0.3 is 0 Å². The maximum atomic E-state index is 14.0. The zero-order valence-electron chi connectivity index (χ0n) is 16.5. The Bertz CT molecular complexity index is 1140. The van der Waals surface area contributed by atoms with Crippen molar-refractivity contribution in [2.24, 2.45) is 5.92 Å². The number of sulfonamides is 1. The number of aromatic nitrogens is 2. The fourth-order valence-electron chi connectivity index (χ4n) is 3.03. The minimum absolute atomic E-state index is 0.163. The Kier molecular flexibility index (Phi) is 7.00. The van der Waals surface area contributed by atoms with Gasteiger partial charge < -0.3 is 10.6 Å². The van der Waals surface area contributed by atoms with E-state index in [1.807, 2.05) is 0 Å². The van der Waals surface area contributed by atoms with Gasteiger partial charge in [-0.3, -0.25) is 9.59 Å². The van der Waals surface area contributed by atoms with E-state index in [4.69, 9.17) is 0 Å². The molecule has 0 aliphatic carbocycles. The van der Waals surface area contributed by atoms with Gasteiger partial charge in [0.2, 0.25) is 15.9 Å². The van der Waals surface area contributed by atoms with Gasteiger partial charge in [-0.1, -0.05) is 12.6 Å². The molecule has 1 atom stereocenters. The predicted octanol–water partition coefficient (Wildman–Crippen LogP) is 2.86. The molecule has 1 fully saturated rings. The average Bonchev–Trinajstić information content (AvgIpc) is 2.74. The third-order valence-corrected chi connectivity index (χ3v) is 6.40. The number of hydrogen-bond acceptors (Lipinski definition) is 6. The molecule has 2 amide bonds. The lowest BCUT2D eigenvalue weighted by atomic mass is 9.96. The van der Waals surface area contributed by atoms with Crippen molar-refractivity contribution in [1.82, 2.24) is 14.3 Å². The molecule has 1 unspecified atom stereocenters. The molecule has 0 bridgehead atoms. The summed E-state index contributed by atoms with van der Waals surface area (Å²) in [5.41, 5.74) is 0.358. The molecule has 1 aliphatic heterocycles. The molecule has 2 aromatic rings. The van der Waals surface area contributed by atoms with E-state index < -0.39 is 53.2 Å². The Morgan fingerprint density at radius 2 is 2.00 bits per heavy atom. The first-order valence-electron chi connectivity index (χ1n) is 9.20. The third-order valence-electron chi connectivity index (χ3n) is 4.54. The maximum absolute atomic E-state index is 14.0. The highest BCUT2D eigenvalue weighted by molar-refractivity contribution is 9.10. The summed E-state index contributed by atoms with van der Waals surface area (Å²) in [6.45, 7) is 1.73. The number of alkyl halides is 2. The number of nitrogens with zero attached hydrogens (tertiary/aromatic N) is 3. The second-order valence-corrected chi connectivity index (χ2v) is 9.67. The summed E-state index contributed by atoms with van der Waals surface area (Å²) in [5.74, 6) is -5.71. The van der Waals surface area contributed by atoms with E-state index in [0.717, 1.165) is 0 Å². The Morgan fingerprint density at radius 3 is 2.62 bits per heavy atom. The van der Waals surface area contributed by atoms with E-state index in [-0.39, 0.29) is 17.2 Å². The van der Waals surface area contributed by atoms with Gasteiger partial charge in [0.25, 0.3) is 11.8 Å². The van der Waals surface area contributed by atoms with Crippen LogP contribution < -0.4 is 10.6 Å². The Morgan fingerprint density at radius 1 is 1.25 bits per heavy atom. The minimum atomic E-state index is -4.10. The Hall–Kier alpha value is -2.77. The molecule has 0 spiro atoms. The van der Waals surface area contributed by atoms with Crippen LogP contribution in [0.25, 0.3) is 0 Å². The number of carbonyl (C=O) groups excluding carboxylic acids is 2. The number of nitrogens with one attached hydrogen (secondary N) is 2. The number of rotatable bonds is 6. The van der Waals surface area contributed by atoms with Crippen LogP contribution in [0.3, 0.4) is 0 Å². The van der Waals surface area contributed by atoms with E-state index >= 15 is 0 Å². The quantitative estimate of drug-likeness (QED) is 0.555. The summed E-state index contributed by atoms with van der Waals surface area (Å²) in [6, 6.07) is 7.67. The first-order valence-corrected chi connectivity index (χ1v) is 11.5. The van der Waals surface area contributed by atoms with Crippen LogP contribution >= 0.6 is 15.9 Å². The van der Waals surface area contributed by atoms with Gasteiger partial charge in [-0.2, -0.15) is 4.31 Å². The van der Waals surface area contributed by atoms with Gasteiger partial charge in [0, 0.05) is 18.4 Å². The molecule has 0 radical (unpaired) electrons. The average molecular weight is 530 g/mol. The van der Waals surface area contributed by atoms with Crippen molar-refractivity contribution in [2.45, 2.75) is 12.3 Å². The van der Waals surface area contributed by atoms with Crippen molar-refractivity contribution in [1.29, 1.82) is 0 Å². The van der Waals surface area contributed by atoms with Crippen molar-refractivity contribution in [2.75, 3.05) is 23.7 Å². The number of piperidine rings is 1. The summed E-state index contributed by atoms with van der Waals surface area (Å²) in [5, 5.41) is 5.56. The Balaban J connectivity index is 1.65. The van der Waals surface area contributed by atoms with Crippen LogP contribution in [0.4, 0.5) is 20.3 Å². The van der Waals surface area contributed by atoms with Crippen LogP contribution in [0.1, 0.15) is 16.9 Å². The number of hydrogen-bond donors (Lipinski definition) is 2. The second kappa shape index (κ2) is 9.38. The van der Waals surface area contributed by atoms with Crippen molar-refractivity contribution in [3.8, 4) is 0 Å². The molecular formula is C19H18BrF2N5O4S. The number of pyridine rings is 2. The summed E-state index contributed by atoms with van der Waals surface area (Å²) >= 11 is 3.17. The van der Waals surface area contributed by atoms with Crippen LogP contribution in [0.5, 0.6) is 0 Å². The monoisotopic (exact) mass is 529 g/mol. The smallest absolute Gasteiger partial charge is 0.275 e. The van der Waals surface area contributed by atoms with E-state index in [0.29, 0.717) is 14.3 Å². The molecule has 0 aromatic carbocycles. The minimum Gasteiger partial charge on any atom is -0.324 e. The van der Waals surface area contributed by atoms with Gasteiger partial charge in [0.05, 0.1) is 24.3 Å². The van der Waals surface area contributed by atoms with Crippen LogP contribution in [0, 0.1) is 5.92 Å². The normalized spacial score (nSPS) is 18.5. The fourth-order valence-corrected chi connectivity index (χ4v) is 4.35. The number of halogens is 3. The molecule has 2 aromatic heterocycles. The zero-order valence-corrected chi connectivity index (χ0v) is 18.9. The highest BCUT2D eigenvalue weighted by Gasteiger charge is 2.46. The van der Waals surface area contributed by atoms with Gasteiger partial charge in [-0.15, -0.1) is 0 Å². The zero-order chi connectivity index (χ0) is 23.5. The molecule has 1 aliphatic rings. The standard InChI is InChI=1S/C19H18BrF2N5O4S/c1-2-32(30,31)27-10-12(8-19(21,22)11-27)17(28)24-13-6-7-16(23-9-13)26-18(29)14-4-3-5-15(20)25-14/h2-7,9,12H,1,8,10-11H2,(H,24,28)(H,23,26,29). The van der Waals surface area contributed by atoms with Crippen molar-refractivity contribution in [3.63, 3.8) is 0 Å². The fraction of sp³-hybridized carbons (Fsp3) is 0.263. The lowest BCUT2D eigenvalue weighted by Crippen LogP contribution is -2.51. The molecule has 9 nitrogen and oxygen atoms in total. The van der Waals surface area contributed by atoms with E-state index in [1.165, 1.54) is 24.4 Å². The van der Waals surface area contributed by atoms with Gasteiger partial charge in [0.15, 0.2) is 0 Å². The summed E-state index contributed by atoms with van der Waals surface area (Å²) < 4.78 is 52.9. The Labute approximate surface area is 191 Å². The summed E-state index contributed by atoms with van der Waals surface area (Å²) in [7, 11) is -4.10. The lowest BCUT2D eigenvalue weighted by molar-refractivity contribution is -0.128. The molecule has 3 rings (SSSR count). The van der Waals surface area contributed by atoms with E-state index in [2.05, 4.69) is 43.1 Å². The maximum Gasteiger partial charge on any atom is 0.275 e. The number of carbonyl (C=O) groups is 2. The van der Waals surface area contributed by atoms with Crippen molar-refractivity contribution in [3.05, 3.63) is 58.8 Å². The predicted molar refractivity (Wildman–Crippen MR) is 117 cm³/mol. The SMILES string of the molecule is C=CS(=O)(=O)N1CC(C(=O)Nc2ccc(NC(=O)c3cccc(Br)n3)nc2)CC(F)(F)C1. The van der Waals surface area contributed by atoms with Crippen LogP contribution in [0.15, 0.2) is 53.1 Å². The topological polar surface area (TPSA) is 121 Å². The van der Waals surface area contributed by atoms with Crippen LogP contribution in [-0.4, -0.2) is 53.5 Å². The second-order valence-electron chi connectivity index (χ2n) is 6.98. The first-order chi connectivity index (χ1) is 15.0. The van der Waals surface area contributed by atoms with Gasteiger partial charge in [-0.05, 0) is 40.2 Å². The summed E-state index contributed by atoms with van der Waals surface area (Å²) in [4.78, 5) is 32.7. The molecular weight excluding hydrogens is 512 g/mol. The lowest BCUT2D eigenvalue weighted by Gasteiger charge is -2.35. The van der Waals surface area contributed by atoms with E-state index in [9.17, 15) is 26.8 Å². The molecule has 32 heavy (non-hydrogen) atoms. The largest absolute Gasteiger partial charge is 0.324 e. The summed E-state index contributed by atoms with van der Waals surface area (Å²) in [6.07, 6.45) is 0.449. The molecule has 13 heteroatoms.